The van der Waals surface area contributed by atoms with E-state index >= 15 is 0 Å². The van der Waals surface area contributed by atoms with Crippen molar-refractivity contribution in [3.8, 4) is 23.0 Å². The lowest BCUT2D eigenvalue weighted by Gasteiger charge is -2.20. The third-order valence-electron chi connectivity index (χ3n) is 7.62. The van der Waals surface area contributed by atoms with Gasteiger partial charge in [0.1, 0.15) is 12.6 Å². The van der Waals surface area contributed by atoms with Crippen molar-refractivity contribution in [1.82, 2.24) is 10.6 Å². The maximum Gasteiger partial charge on any atom is 0.407 e. The third-order valence-corrected chi connectivity index (χ3v) is 7.62. The molecule has 3 N–H and O–H groups in total. The van der Waals surface area contributed by atoms with Gasteiger partial charge in [0.25, 0.3) is 0 Å². The van der Waals surface area contributed by atoms with Crippen LogP contribution in [0.1, 0.15) is 49.7 Å². The van der Waals surface area contributed by atoms with Crippen molar-refractivity contribution in [3.05, 3.63) is 59.7 Å². The first-order valence-corrected chi connectivity index (χ1v) is 12.0. The summed E-state index contributed by atoms with van der Waals surface area (Å²) in [6.07, 6.45) is 1.46. The summed E-state index contributed by atoms with van der Waals surface area (Å²) in [4.78, 5) is 37.0. The second-order valence-corrected chi connectivity index (χ2v) is 9.66. The van der Waals surface area contributed by atoms with Crippen molar-refractivity contribution in [2.24, 2.45) is 11.3 Å². The van der Waals surface area contributed by atoms with E-state index in [1.54, 1.807) is 6.92 Å². The van der Waals surface area contributed by atoms with Gasteiger partial charge in [0, 0.05) is 18.4 Å². The number of carboxylic acids is 1. The number of hydrogen-bond acceptors (Lipinski definition) is 4. The molecule has 0 aromatic heterocycles. The minimum absolute atomic E-state index is 0.0126. The molecule has 2 aromatic rings. The standard InChI is InChI=1S/C28H28N2O5/c1-2-3-12-24(25(31)32)30-26(33)28-14-17(28)13-18(15-28)29-27(34)35-16-23-21-10-6-4-8-19(21)20-9-5-7-11-22(20)23/h4-11,17-18,23-24H,12-16H2,1H3,(H,29,34)(H,30,33)(H,31,32)/t17-,18+,24?,28+/m1/s1. The smallest absolute Gasteiger partial charge is 0.407 e. The summed E-state index contributed by atoms with van der Waals surface area (Å²) in [5.74, 6) is 4.16. The van der Waals surface area contributed by atoms with Gasteiger partial charge in [-0.05, 0) is 54.4 Å². The summed E-state index contributed by atoms with van der Waals surface area (Å²) in [5, 5.41) is 14.9. The first kappa shape index (κ1) is 23.0. The molecule has 5 rings (SSSR count). The minimum atomic E-state index is -1.10. The van der Waals surface area contributed by atoms with Crippen LogP contribution in [0.5, 0.6) is 0 Å². The molecule has 2 aromatic carbocycles. The number of carboxylic acid groups (broad SMARTS) is 1. The quantitative estimate of drug-likeness (QED) is 0.534. The molecular weight excluding hydrogens is 444 g/mol. The number of carbonyl (C=O) groups is 3. The third kappa shape index (κ3) is 4.25. The first-order valence-electron chi connectivity index (χ1n) is 12.0. The fourth-order valence-corrected chi connectivity index (χ4v) is 5.80. The predicted octanol–water partition coefficient (Wildman–Crippen LogP) is 3.68. The Morgan fingerprint density at radius 3 is 2.37 bits per heavy atom. The molecule has 7 nitrogen and oxygen atoms in total. The highest BCUT2D eigenvalue weighted by molar-refractivity contribution is 5.90. The number of benzene rings is 2. The molecule has 0 spiro atoms. The maximum atomic E-state index is 12.9. The summed E-state index contributed by atoms with van der Waals surface area (Å²) < 4.78 is 5.64. The molecule has 0 aliphatic heterocycles. The number of alkyl carbamates (subject to hydrolysis) is 1. The van der Waals surface area contributed by atoms with Crippen LogP contribution in [0.15, 0.2) is 48.5 Å². The van der Waals surface area contributed by atoms with Gasteiger partial charge in [-0.15, -0.1) is 11.8 Å². The normalized spacial score (nSPS) is 24.1. The number of ether oxygens (including phenoxy) is 1. The average Bonchev–Trinajstić information content (AvgIpc) is 3.28. The number of rotatable bonds is 7. The molecule has 0 bridgehead atoms. The van der Waals surface area contributed by atoms with Crippen LogP contribution >= 0.6 is 0 Å². The van der Waals surface area contributed by atoms with Crippen LogP contribution in [0.2, 0.25) is 0 Å². The topological polar surface area (TPSA) is 105 Å². The fourth-order valence-electron chi connectivity index (χ4n) is 5.80. The summed E-state index contributed by atoms with van der Waals surface area (Å²) >= 11 is 0. The molecule has 2 saturated carbocycles. The number of amides is 2. The zero-order chi connectivity index (χ0) is 24.6. The Bertz CT molecular complexity index is 1200. The van der Waals surface area contributed by atoms with Gasteiger partial charge in [-0.1, -0.05) is 48.5 Å². The first-order chi connectivity index (χ1) is 16.9. The summed E-state index contributed by atoms with van der Waals surface area (Å²) in [6, 6.07) is 15.1. The maximum absolute atomic E-state index is 12.9. The van der Waals surface area contributed by atoms with E-state index in [-0.39, 0.29) is 36.8 Å². The second kappa shape index (κ2) is 9.10. The van der Waals surface area contributed by atoms with Gasteiger partial charge < -0.3 is 20.5 Å². The van der Waals surface area contributed by atoms with E-state index in [1.807, 2.05) is 24.3 Å². The van der Waals surface area contributed by atoms with E-state index < -0.39 is 23.5 Å². The Kier molecular flexibility index (Phi) is 5.98. The van der Waals surface area contributed by atoms with Crippen molar-refractivity contribution >= 4 is 18.0 Å². The predicted molar refractivity (Wildman–Crippen MR) is 129 cm³/mol. The molecule has 3 aliphatic rings. The summed E-state index contributed by atoms with van der Waals surface area (Å²) in [7, 11) is 0. The van der Waals surface area contributed by atoms with Gasteiger partial charge in [-0.25, -0.2) is 9.59 Å². The Morgan fingerprint density at radius 2 is 1.74 bits per heavy atom. The van der Waals surface area contributed by atoms with Crippen LogP contribution in [-0.4, -0.2) is 41.8 Å². The van der Waals surface area contributed by atoms with Crippen LogP contribution < -0.4 is 10.6 Å². The highest BCUT2D eigenvalue weighted by Gasteiger charge is 2.65. The number of aliphatic carboxylic acids is 1. The lowest BCUT2D eigenvalue weighted by molar-refractivity contribution is -0.142. The van der Waals surface area contributed by atoms with Crippen LogP contribution in [0, 0.1) is 23.2 Å². The fraction of sp³-hybridized carbons (Fsp3) is 0.393. The number of hydrogen-bond donors (Lipinski definition) is 3. The van der Waals surface area contributed by atoms with Crippen LogP contribution in [0.4, 0.5) is 4.79 Å². The van der Waals surface area contributed by atoms with Gasteiger partial charge in [-0.3, -0.25) is 4.79 Å². The molecule has 0 heterocycles. The molecule has 2 fully saturated rings. The largest absolute Gasteiger partial charge is 0.480 e. The second-order valence-electron chi connectivity index (χ2n) is 9.66. The minimum Gasteiger partial charge on any atom is -0.480 e. The molecule has 0 saturated heterocycles. The van der Waals surface area contributed by atoms with Gasteiger partial charge in [0.05, 0.1) is 5.41 Å². The van der Waals surface area contributed by atoms with Crippen molar-refractivity contribution in [1.29, 1.82) is 0 Å². The Hall–Kier alpha value is -3.79. The van der Waals surface area contributed by atoms with Gasteiger partial charge >= 0.3 is 12.1 Å². The lowest BCUT2D eigenvalue weighted by Crippen LogP contribution is -2.45. The molecule has 2 amide bonds. The molecule has 4 atom stereocenters. The highest BCUT2D eigenvalue weighted by atomic mass is 16.5. The van der Waals surface area contributed by atoms with E-state index in [0.717, 1.165) is 11.1 Å². The SMILES string of the molecule is CC#CCC(NC(=O)[C@@]12C[C@@H](NC(=O)OCC3c4ccccc4-c4ccccc43)C[C@@H]1C2)C(=O)O. The molecule has 3 aliphatic carbocycles. The molecule has 7 heteroatoms. The zero-order valence-electron chi connectivity index (χ0n) is 19.5. The Balaban J connectivity index is 1.16. The van der Waals surface area contributed by atoms with E-state index in [9.17, 15) is 19.5 Å². The van der Waals surface area contributed by atoms with Gasteiger partial charge in [0.2, 0.25) is 5.91 Å². The summed E-state index contributed by atoms with van der Waals surface area (Å²) in [6.45, 7) is 1.87. The molecule has 1 unspecified atom stereocenters. The van der Waals surface area contributed by atoms with Crippen LogP contribution in [0.25, 0.3) is 11.1 Å². The van der Waals surface area contributed by atoms with Crippen molar-refractivity contribution in [2.75, 3.05) is 6.61 Å². The molecule has 0 radical (unpaired) electrons. The lowest BCUT2D eigenvalue weighted by atomic mass is 9.98. The average molecular weight is 473 g/mol. The van der Waals surface area contributed by atoms with E-state index in [1.165, 1.54) is 11.1 Å². The van der Waals surface area contributed by atoms with Gasteiger partial charge in [0.15, 0.2) is 0 Å². The van der Waals surface area contributed by atoms with Crippen LogP contribution in [0.3, 0.4) is 0 Å². The summed E-state index contributed by atoms with van der Waals surface area (Å²) in [5.41, 5.74) is 4.05. The monoisotopic (exact) mass is 472 g/mol. The van der Waals surface area contributed by atoms with E-state index in [0.29, 0.717) is 19.3 Å². The van der Waals surface area contributed by atoms with Crippen molar-refractivity contribution in [2.45, 2.75) is 50.6 Å². The number of nitrogens with one attached hydrogen (secondary N) is 2. The molecular formula is C28H28N2O5. The van der Waals surface area contributed by atoms with E-state index in [2.05, 4.69) is 46.7 Å². The van der Waals surface area contributed by atoms with Crippen molar-refractivity contribution < 1.29 is 24.2 Å². The van der Waals surface area contributed by atoms with E-state index in [4.69, 9.17) is 4.74 Å². The highest BCUT2D eigenvalue weighted by Crippen LogP contribution is 2.63. The molecule has 35 heavy (non-hydrogen) atoms. The zero-order valence-corrected chi connectivity index (χ0v) is 19.5. The number of fused-ring (bicyclic) bond motifs is 4. The van der Waals surface area contributed by atoms with Crippen molar-refractivity contribution in [3.63, 3.8) is 0 Å². The van der Waals surface area contributed by atoms with Crippen LogP contribution in [-0.2, 0) is 14.3 Å². The van der Waals surface area contributed by atoms with Gasteiger partial charge in [-0.2, -0.15) is 0 Å². The number of carbonyl (C=O) groups excluding carboxylic acids is 2. The Morgan fingerprint density at radius 1 is 1.09 bits per heavy atom. The Labute approximate surface area is 204 Å². The molecule has 180 valence electrons.